The van der Waals surface area contributed by atoms with Crippen molar-refractivity contribution in [3.05, 3.63) is 54.7 Å². The first-order valence-electron chi connectivity index (χ1n) is 5.96. The van der Waals surface area contributed by atoms with Crippen LogP contribution in [-0.2, 0) is 6.54 Å². The van der Waals surface area contributed by atoms with Crippen LogP contribution in [0.25, 0.3) is 10.9 Å². The van der Waals surface area contributed by atoms with Gasteiger partial charge in [-0.25, -0.2) is 9.97 Å². The number of rotatable bonds is 3. The van der Waals surface area contributed by atoms with Gasteiger partial charge in [0, 0.05) is 23.5 Å². The lowest BCUT2D eigenvalue weighted by Gasteiger charge is -2.10. The predicted molar refractivity (Wildman–Crippen MR) is 75.5 cm³/mol. The van der Waals surface area contributed by atoms with Crippen molar-refractivity contribution in [3.63, 3.8) is 0 Å². The van der Waals surface area contributed by atoms with Crippen molar-refractivity contribution < 1.29 is 0 Å². The molecule has 3 aromatic rings. The Balaban J connectivity index is 1.91. The molecule has 0 fully saturated rings. The number of anilines is 2. The molecule has 94 valence electrons. The Labute approximate surface area is 110 Å². The summed E-state index contributed by atoms with van der Waals surface area (Å²) in [6.07, 6.45) is 5.01. The van der Waals surface area contributed by atoms with Gasteiger partial charge in [0.1, 0.15) is 6.33 Å². The van der Waals surface area contributed by atoms with Crippen LogP contribution in [0, 0.1) is 0 Å². The monoisotopic (exact) mass is 251 g/mol. The molecule has 0 amide bonds. The van der Waals surface area contributed by atoms with Crippen molar-refractivity contribution in [1.29, 1.82) is 0 Å². The van der Waals surface area contributed by atoms with Crippen LogP contribution in [-0.4, -0.2) is 15.0 Å². The average molecular weight is 251 g/mol. The second-order valence-corrected chi connectivity index (χ2v) is 4.16. The van der Waals surface area contributed by atoms with Crippen molar-refractivity contribution in [2.24, 2.45) is 0 Å². The minimum atomic E-state index is 0.635. The SMILES string of the molecule is Nc1ccc(NCc2ccncn2)c2cccnc12. The summed E-state index contributed by atoms with van der Waals surface area (Å²) in [6, 6.07) is 9.60. The molecular formula is C14H13N5. The summed E-state index contributed by atoms with van der Waals surface area (Å²) in [5.41, 5.74) is 9.35. The van der Waals surface area contributed by atoms with Crippen molar-refractivity contribution in [2.45, 2.75) is 6.54 Å². The molecule has 1 aromatic carbocycles. The van der Waals surface area contributed by atoms with Gasteiger partial charge in [-0.3, -0.25) is 4.98 Å². The Hall–Kier alpha value is -2.69. The molecule has 0 unspecified atom stereocenters. The van der Waals surface area contributed by atoms with E-state index in [1.165, 1.54) is 0 Å². The molecule has 0 aliphatic rings. The number of nitrogens with one attached hydrogen (secondary N) is 1. The highest BCUT2D eigenvalue weighted by Gasteiger charge is 2.04. The average Bonchev–Trinajstić information content (AvgIpc) is 2.48. The fourth-order valence-electron chi connectivity index (χ4n) is 1.96. The first-order valence-corrected chi connectivity index (χ1v) is 5.96. The molecule has 19 heavy (non-hydrogen) atoms. The van der Waals surface area contributed by atoms with Crippen LogP contribution >= 0.6 is 0 Å². The molecular weight excluding hydrogens is 238 g/mol. The van der Waals surface area contributed by atoms with Gasteiger partial charge in [0.15, 0.2) is 0 Å². The lowest BCUT2D eigenvalue weighted by molar-refractivity contribution is 1.01. The topological polar surface area (TPSA) is 76.7 Å². The van der Waals surface area contributed by atoms with Crippen LogP contribution < -0.4 is 11.1 Å². The van der Waals surface area contributed by atoms with Gasteiger partial charge in [-0.1, -0.05) is 0 Å². The number of nitrogens with two attached hydrogens (primary N) is 1. The van der Waals surface area contributed by atoms with Crippen LogP contribution in [0.1, 0.15) is 5.69 Å². The van der Waals surface area contributed by atoms with Gasteiger partial charge in [0.05, 0.1) is 23.4 Å². The van der Waals surface area contributed by atoms with E-state index in [1.54, 1.807) is 18.7 Å². The second-order valence-electron chi connectivity index (χ2n) is 4.16. The molecule has 3 N–H and O–H groups in total. The Bertz CT molecular complexity index is 697. The molecule has 0 spiro atoms. The summed E-state index contributed by atoms with van der Waals surface area (Å²) in [5, 5.41) is 4.36. The standard InChI is InChI=1S/C14H13N5/c15-12-3-4-13(11-2-1-6-17-14(11)12)18-8-10-5-7-16-9-19-10/h1-7,9,18H,8,15H2. The Morgan fingerprint density at radius 3 is 2.84 bits per heavy atom. The number of nitrogen functional groups attached to an aromatic ring is 1. The molecule has 0 atom stereocenters. The van der Waals surface area contributed by atoms with Gasteiger partial charge in [-0.2, -0.15) is 0 Å². The predicted octanol–water partition coefficient (Wildman–Crippen LogP) is 2.22. The van der Waals surface area contributed by atoms with E-state index in [4.69, 9.17) is 5.73 Å². The molecule has 2 aromatic heterocycles. The zero-order chi connectivity index (χ0) is 13.1. The van der Waals surface area contributed by atoms with E-state index in [0.29, 0.717) is 12.2 Å². The maximum absolute atomic E-state index is 5.92. The largest absolute Gasteiger partial charge is 0.397 e. The second kappa shape index (κ2) is 4.89. The summed E-state index contributed by atoms with van der Waals surface area (Å²) in [6.45, 7) is 0.635. The number of nitrogens with zero attached hydrogens (tertiary/aromatic N) is 3. The van der Waals surface area contributed by atoms with Crippen LogP contribution in [0.5, 0.6) is 0 Å². The van der Waals surface area contributed by atoms with E-state index < -0.39 is 0 Å². The molecule has 3 rings (SSSR count). The summed E-state index contributed by atoms with van der Waals surface area (Å²) >= 11 is 0. The zero-order valence-electron chi connectivity index (χ0n) is 10.2. The fraction of sp³-hybridized carbons (Fsp3) is 0.0714. The summed E-state index contributed by atoms with van der Waals surface area (Å²) in [5.74, 6) is 0. The van der Waals surface area contributed by atoms with Crippen LogP contribution in [0.4, 0.5) is 11.4 Å². The van der Waals surface area contributed by atoms with E-state index in [-0.39, 0.29) is 0 Å². The fourth-order valence-corrected chi connectivity index (χ4v) is 1.96. The normalized spacial score (nSPS) is 10.5. The van der Waals surface area contributed by atoms with Crippen molar-refractivity contribution in [1.82, 2.24) is 15.0 Å². The molecule has 0 saturated carbocycles. The molecule has 0 bridgehead atoms. The van der Waals surface area contributed by atoms with Crippen LogP contribution in [0.2, 0.25) is 0 Å². The third-order valence-corrected chi connectivity index (χ3v) is 2.90. The van der Waals surface area contributed by atoms with Gasteiger partial charge >= 0.3 is 0 Å². The molecule has 0 aliphatic carbocycles. The number of hydrogen-bond donors (Lipinski definition) is 2. The Morgan fingerprint density at radius 1 is 1.05 bits per heavy atom. The third kappa shape index (κ3) is 2.30. The molecule has 0 aliphatic heterocycles. The highest BCUT2D eigenvalue weighted by Crippen LogP contribution is 2.26. The van der Waals surface area contributed by atoms with Gasteiger partial charge in [-0.15, -0.1) is 0 Å². The lowest BCUT2D eigenvalue weighted by atomic mass is 10.1. The van der Waals surface area contributed by atoms with Gasteiger partial charge in [0.2, 0.25) is 0 Å². The maximum Gasteiger partial charge on any atom is 0.115 e. The van der Waals surface area contributed by atoms with Gasteiger partial charge < -0.3 is 11.1 Å². The smallest absolute Gasteiger partial charge is 0.115 e. The molecule has 0 saturated heterocycles. The minimum absolute atomic E-state index is 0.635. The minimum Gasteiger partial charge on any atom is -0.397 e. The first kappa shape index (κ1) is 11.4. The molecule has 5 heteroatoms. The Kier molecular flexibility index (Phi) is 2.94. The van der Waals surface area contributed by atoms with E-state index in [9.17, 15) is 0 Å². The zero-order valence-corrected chi connectivity index (χ0v) is 10.2. The number of aromatic nitrogens is 3. The van der Waals surface area contributed by atoms with Crippen molar-refractivity contribution in [3.8, 4) is 0 Å². The first-order chi connectivity index (χ1) is 9.34. The third-order valence-electron chi connectivity index (χ3n) is 2.90. The lowest BCUT2D eigenvalue weighted by Crippen LogP contribution is -2.03. The Morgan fingerprint density at radius 2 is 2.00 bits per heavy atom. The van der Waals surface area contributed by atoms with Crippen molar-refractivity contribution >= 4 is 22.3 Å². The summed E-state index contributed by atoms with van der Waals surface area (Å²) in [7, 11) is 0. The maximum atomic E-state index is 5.92. The molecule has 0 radical (unpaired) electrons. The molecule has 5 nitrogen and oxygen atoms in total. The summed E-state index contributed by atoms with van der Waals surface area (Å²) < 4.78 is 0. The van der Waals surface area contributed by atoms with Crippen LogP contribution in [0.15, 0.2) is 49.1 Å². The van der Waals surface area contributed by atoms with Crippen molar-refractivity contribution in [2.75, 3.05) is 11.1 Å². The van der Waals surface area contributed by atoms with Gasteiger partial charge in [-0.05, 0) is 30.3 Å². The van der Waals surface area contributed by atoms with E-state index in [1.807, 2.05) is 30.3 Å². The summed E-state index contributed by atoms with van der Waals surface area (Å²) in [4.78, 5) is 12.4. The van der Waals surface area contributed by atoms with E-state index in [2.05, 4.69) is 20.3 Å². The highest BCUT2D eigenvalue weighted by molar-refractivity contribution is 5.98. The number of hydrogen-bond acceptors (Lipinski definition) is 5. The number of pyridine rings is 1. The molecule has 2 heterocycles. The van der Waals surface area contributed by atoms with Gasteiger partial charge in [0.25, 0.3) is 0 Å². The quantitative estimate of drug-likeness (QED) is 0.698. The number of fused-ring (bicyclic) bond motifs is 1. The van der Waals surface area contributed by atoms with Crippen LogP contribution in [0.3, 0.4) is 0 Å². The van der Waals surface area contributed by atoms with E-state index >= 15 is 0 Å². The highest BCUT2D eigenvalue weighted by atomic mass is 14.9. The number of benzene rings is 1. The van der Waals surface area contributed by atoms with E-state index in [0.717, 1.165) is 22.3 Å².